The van der Waals surface area contributed by atoms with Gasteiger partial charge in [0.05, 0.1) is 0 Å². The molecule has 0 N–H and O–H groups in total. The van der Waals surface area contributed by atoms with Crippen molar-refractivity contribution in [3.63, 3.8) is 0 Å². The van der Waals surface area contributed by atoms with Crippen LogP contribution in [0, 0.1) is 0 Å². The number of hydrogen-bond acceptors (Lipinski definition) is 1. The molecule has 2 saturated heterocycles. The number of hydrogen-bond donors (Lipinski definition) is 0. The van der Waals surface area contributed by atoms with E-state index < -0.39 is 0 Å². The molecule has 86 valence electrons. The van der Waals surface area contributed by atoms with Crippen molar-refractivity contribution in [2.24, 2.45) is 0 Å². The van der Waals surface area contributed by atoms with Crippen LogP contribution < -0.4 is 4.90 Å². The predicted molar refractivity (Wildman–Crippen MR) is 71.9 cm³/mol. The first-order valence-electron chi connectivity index (χ1n) is 6.38. The Hall–Kier alpha value is -0.500. The summed E-state index contributed by atoms with van der Waals surface area (Å²) >= 11 is 3.51. The Bertz CT molecular complexity index is 346. The Morgan fingerprint density at radius 2 is 1.44 bits per heavy atom. The van der Waals surface area contributed by atoms with E-state index in [2.05, 4.69) is 45.1 Å². The number of halogens is 1. The lowest BCUT2D eigenvalue weighted by atomic mass is 10.0. The minimum absolute atomic E-state index is 0.814. The molecule has 2 aliphatic rings. The fourth-order valence-corrected chi connectivity index (χ4v) is 3.59. The average Bonchev–Trinajstić information content (AvgIpc) is 2.53. The highest BCUT2D eigenvalue weighted by atomic mass is 79.9. The third kappa shape index (κ3) is 1.88. The zero-order chi connectivity index (χ0) is 11.0. The molecule has 0 aromatic heterocycles. The van der Waals surface area contributed by atoms with E-state index in [4.69, 9.17) is 0 Å². The Morgan fingerprint density at radius 3 is 2.00 bits per heavy atom. The van der Waals surface area contributed by atoms with Gasteiger partial charge in [0.15, 0.2) is 0 Å². The van der Waals surface area contributed by atoms with Crippen molar-refractivity contribution in [1.29, 1.82) is 0 Å². The van der Waals surface area contributed by atoms with E-state index in [1.54, 1.807) is 0 Å². The summed E-state index contributed by atoms with van der Waals surface area (Å²) in [5.74, 6) is 0. The standard InChI is InChI=1S/C14H18BrN/c15-11-5-7-14(8-6-11)16-12-3-1-2-4-13(16)10-9-12/h5-8,12-13H,1-4,9-10H2. The topological polar surface area (TPSA) is 3.24 Å². The van der Waals surface area contributed by atoms with Crippen molar-refractivity contribution >= 4 is 21.6 Å². The first-order chi connectivity index (χ1) is 7.84. The monoisotopic (exact) mass is 279 g/mol. The Labute approximate surface area is 106 Å². The Balaban J connectivity index is 1.90. The lowest BCUT2D eigenvalue weighted by Gasteiger charge is -2.30. The van der Waals surface area contributed by atoms with Gasteiger partial charge in [-0.25, -0.2) is 0 Å². The van der Waals surface area contributed by atoms with E-state index in [0.29, 0.717) is 0 Å². The maximum atomic E-state index is 3.51. The van der Waals surface area contributed by atoms with E-state index in [9.17, 15) is 0 Å². The van der Waals surface area contributed by atoms with E-state index in [-0.39, 0.29) is 0 Å². The Morgan fingerprint density at radius 1 is 0.875 bits per heavy atom. The quantitative estimate of drug-likeness (QED) is 0.738. The first-order valence-corrected chi connectivity index (χ1v) is 7.18. The second-order valence-corrected chi connectivity index (χ2v) is 5.97. The van der Waals surface area contributed by atoms with Gasteiger partial charge in [0.1, 0.15) is 0 Å². The number of fused-ring (bicyclic) bond motifs is 2. The van der Waals surface area contributed by atoms with Crippen LogP contribution in [0.4, 0.5) is 5.69 Å². The molecule has 2 unspecified atom stereocenters. The Kier molecular flexibility index (Phi) is 2.93. The molecule has 0 amide bonds. The van der Waals surface area contributed by atoms with Gasteiger partial charge in [-0.05, 0) is 49.9 Å². The number of anilines is 1. The van der Waals surface area contributed by atoms with Crippen LogP contribution >= 0.6 is 15.9 Å². The molecule has 0 aliphatic carbocycles. The minimum atomic E-state index is 0.814. The normalized spacial score (nSPS) is 29.2. The molecular formula is C14H18BrN. The van der Waals surface area contributed by atoms with Gasteiger partial charge in [-0.1, -0.05) is 28.8 Å². The molecule has 2 atom stereocenters. The van der Waals surface area contributed by atoms with Crippen LogP contribution in [0.2, 0.25) is 0 Å². The summed E-state index contributed by atoms with van der Waals surface area (Å²) in [5.41, 5.74) is 1.43. The molecule has 1 aromatic rings. The lowest BCUT2D eigenvalue weighted by molar-refractivity contribution is 0.556. The third-order valence-electron chi connectivity index (χ3n) is 4.07. The molecule has 0 spiro atoms. The van der Waals surface area contributed by atoms with Crippen molar-refractivity contribution in [3.8, 4) is 0 Å². The highest BCUT2D eigenvalue weighted by Crippen LogP contribution is 2.38. The summed E-state index contributed by atoms with van der Waals surface area (Å²) < 4.78 is 1.18. The summed E-state index contributed by atoms with van der Waals surface area (Å²) in [6.07, 6.45) is 8.45. The maximum absolute atomic E-state index is 3.51. The van der Waals surface area contributed by atoms with Crippen LogP contribution in [0.3, 0.4) is 0 Å². The van der Waals surface area contributed by atoms with Crippen LogP contribution in [0.1, 0.15) is 38.5 Å². The van der Waals surface area contributed by atoms with E-state index >= 15 is 0 Å². The molecule has 0 radical (unpaired) electrons. The lowest BCUT2D eigenvalue weighted by Crippen LogP contribution is -2.34. The highest BCUT2D eigenvalue weighted by Gasteiger charge is 2.34. The summed E-state index contributed by atoms with van der Waals surface area (Å²) in [6, 6.07) is 10.5. The van der Waals surface area contributed by atoms with Crippen LogP contribution in [-0.2, 0) is 0 Å². The molecule has 1 aromatic carbocycles. The van der Waals surface area contributed by atoms with Gasteiger partial charge < -0.3 is 4.90 Å². The molecule has 2 bridgehead atoms. The molecule has 0 saturated carbocycles. The van der Waals surface area contributed by atoms with Crippen molar-refractivity contribution in [2.45, 2.75) is 50.6 Å². The van der Waals surface area contributed by atoms with Crippen molar-refractivity contribution < 1.29 is 0 Å². The largest absolute Gasteiger partial charge is 0.366 e. The molecule has 16 heavy (non-hydrogen) atoms. The molecule has 1 nitrogen and oxygen atoms in total. The van der Waals surface area contributed by atoms with E-state index in [1.165, 1.54) is 48.7 Å². The fourth-order valence-electron chi connectivity index (χ4n) is 3.32. The minimum Gasteiger partial charge on any atom is -0.366 e. The first kappa shape index (κ1) is 10.6. The van der Waals surface area contributed by atoms with Gasteiger partial charge in [-0.15, -0.1) is 0 Å². The highest BCUT2D eigenvalue weighted by molar-refractivity contribution is 9.10. The summed E-state index contributed by atoms with van der Waals surface area (Å²) in [4.78, 5) is 2.69. The summed E-state index contributed by atoms with van der Waals surface area (Å²) in [5, 5.41) is 0. The summed E-state index contributed by atoms with van der Waals surface area (Å²) in [7, 11) is 0. The van der Waals surface area contributed by atoms with E-state index in [0.717, 1.165) is 12.1 Å². The molecule has 2 fully saturated rings. The maximum Gasteiger partial charge on any atom is 0.0371 e. The second kappa shape index (κ2) is 4.40. The number of nitrogens with zero attached hydrogens (tertiary/aromatic N) is 1. The fraction of sp³-hybridized carbons (Fsp3) is 0.571. The van der Waals surface area contributed by atoms with Crippen molar-refractivity contribution in [2.75, 3.05) is 4.90 Å². The SMILES string of the molecule is Brc1ccc(N2C3CCCCC2CC3)cc1. The molecule has 3 rings (SSSR count). The van der Waals surface area contributed by atoms with Crippen LogP contribution in [-0.4, -0.2) is 12.1 Å². The average molecular weight is 280 g/mol. The van der Waals surface area contributed by atoms with E-state index in [1.807, 2.05) is 0 Å². The van der Waals surface area contributed by atoms with Crippen LogP contribution in [0.15, 0.2) is 28.7 Å². The van der Waals surface area contributed by atoms with Crippen molar-refractivity contribution in [1.82, 2.24) is 0 Å². The van der Waals surface area contributed by atoms with Gasteiger partial charge in [-0.3, -0.25) is 0 Å². The predicted octanol–water partition coefficient (Wildman–Crippen LogP) is 4.36. The summed E-state index contributed by atoms with van der Waals surface area (Å²) in [6.45, 7) is 0. The number of benzene rings is 1. The van der Waals surface area contributed by atoms with Gasteiger partial charge in [-0.2, -0.15) is 0 Å². The zero-order valence-electron chi connectivity index (χ0n) is 9.53. The van der Waals surface area contributed by atoms with Gasteiger partial charge in [0, 0.05) is 22.2 Å². The molecule has 2 heteroatoms. The molecular weight excluding hydrogens is 262 g/mol. The molecule has 2 aliphatic heterocycles. The smallest absolute Gasteiger partial charge is 0.0371 e. The van der Waals surface area contributed by atoms with Gasteiger partial charge in [0.25, 0.3) is 0 Å². The van der Waals surface area contributed by atoms with Crippen LogP contribution in [0.25, 0.3) is 0 Å². The second-order valence-electron chi connectivity index (χ2n) is 5.05. The van der Waals surface area contributed by atoms with Gasteiger partial charge >= 0.3 is 0 Å². The third-order valence-corrected chi connectivity index (χ3v) is 4.60. The molecule has 2 heterocycles. The van der Waals surface area contributed by atoms with Crippen molar-refractivity contribution in [3.05, 3.63) is 28.7 Å². The zero-order valence-corrected chi connectivity index (χ0v) is 11.1. The number of rotatable bonds is 1. The van der Waals surface area contributed by atoms with Crippen LogP contribution in [0.5, 0.6) is 0 Å². The van der Waals surface area contributed by atoms with Gasteiger partial charge in [0.2, 0.25) is 0 Å².